The van der Waals surface area contributed by atoms with Crippen molar-refractivity contribution in [1.82, 2.24) is 4.90 Å². The maximum Gasteiger partial charge on any atom is 0.224 e. The highest BCUT2D eigenvalue weighted by molar-refractivity contribution is 7.17. The van der Waals surface area contributed by atoms with E-state index < -0.39 is 0 Å². The molecule has 3 aromatic rings. The van der Waals surface area contributed by atoms with Crippen molar-refractivity contribution in [2.45, 2.75) is 19.3 Å². The Morgan fingerprint density at radius 2 is 1.87 bits per heavy atom. The van der Waals surface area contributed by atoms with Gasteiger partial charge in [-0.05, 0) is 48.2 Å². The molecule has 1 aromatic heterocycles. The standard InChI is InChI=1S/C23H24FN3OS.ClH/c24-22-15-18-20(2-1-3-21(18)29-22)27-12-10-26(11-13-27)9-8-16-4-5-17-6-7-23(28)25-19(17)14-16;/h1-5,14-15H,6-13H2,(H,25,28);1H. The van der Waals surface area contributed by atoms with Gasteiger partial charge in [-0.3, -0.25) is 9.69 Å². The first-order chi connectivity index (χ1) is 14.2. The number of hydrogen-bond donors (Lipinski definition) is 1. The van der Waals surface area contributed by atoms with Crippen molar-refractivity contribution < 1.29 is 9.18 Å². The number of halogens is 2. The minimum absolute atomic E-state index is 0. The summed E-state index contributed by atoms with van der Waals surface area (Å²) in [6.07, 6.45) is 2.40. The zero-order chi connectivity index (χ0) is 19.8. The molecular weight excluding hydrogens is 421 g/mol. The third kappa shape index (κ3) is 4.31. The Hall–Kier alpha value is -2.15. The molecule has 0 unspecified atom stereocenters. The van der Waals surface area contributed by atoms with Crippen molar-refractivity contribution in [2.24, 2.45) is 0 Å². The van der Waals surface area contributed by atoms with Gasteiger partial charge in [0.15, 0.2) is 5.13 Å². The van der Waals surface area contributed by atoms with Gasteiger partial charge in [0.1, 0.15) is 0 Å². The number of nitrogens with one attached hydrogen (secondary N) is 1. The van der Waals surface area contributed by atoms with Crippen LogP contribution in [0.15, 0.2) is 42.5 Å². The van der Waals surface area contributed by atoms with Crippen molar-refractivity contribution in [1.29, 1.82) is 0 Å². The minimum Gasteiger partial charge on any atom is -0.368 e. The topological polar surface area (TPSA) is 35.6 Å². The third-order valence-electron chi connectivity index (χ3n) is 6.01. The number of carbonyl (C=O) groups is 1. The summed E-state index contributed by atoms with van der Waals surface area (Å²) >= 11 is 1.22. The van der Waals surface area contributed by atoms with Crippen molar-refractivity contribution in [3.63, 3.8) is 0 Å². The molecule has 2 aromatic carbocycles. The Morgan fingerprint density at radius 3 is 2.70 bits per heavy atom. The number of anilines is 2. The van der Waals surface area contributed by atoms with E-state index in [2.05, 4.69) is 39.4 Å². The van der Waals surface area contributed by atoms with Crippen LogP contribution in [0.3, 0.4) is 0 Å². The number of benzene rings is 2. The van der Waals surface area contributed by atoms with Crippen LogP contribution in [0.25, 0.3) is 10.1 Å². The maximum atomic E-state index is 13.7. The van der Waals surface area contributed by atoms with E-state index in [0.717, 1.165) is 67.0 Å². The Kier molecular flexibility index (Phi) is 6.27. The van der Waals surface area contributed by atoms with Crippen molar-refractivity contribution in [3.05, 3.63) is 58.7 Å². The highest BCUT2D eigenvalue weighted by atomic mass is 35.5. The molecule has 0 bridgehead atoms. The first-order valence-corrected chi connectivity index (χ1v) is 11.0. The fraction of sp³-hybridized carbons (Fsp3) is 0.348. The number of hydrogen-bond acceptors (Lipinski definition) is 4. The monoisotopic (exact) mass is 445 g/mol. The highest BCUT2D eigenvalue weighted by Crippen LogP contribution is 2.33. The van der Waals surface area contributed by atoms with Gasteiger partial charge in [0.25, 0.3) is 0 Å². The van der Waals surface area contributed by atoms with Crippen LogP contribution in [0.4, 0.5) is 15.8 Å². The van der Waals surface area contributed by atoms with E-state index in [1.54, 1.807) is 6.07 Å². The molecule has 4 nitrogen and oxygen atoms in total. The molecule has 0 saturated carbocycles. The summed E-state index contributed by atoms with van der Waals surface area (Å²) in [5, 5.41) is 3.90. The molecule has 2 aliphatic rings. The summed E-state index contributed by atoms with van der Waals surface area (Å²) in [5.41, 5.74) is 4.64. The van der Waals surface area contributed by atoms with Crippen molar-refractivity contribution in [3.8, 4) is 0 Å². The lowest BCUT2D eigenvalue weighted by Gasteiger charge is -2.36. The molecular formula is C23H25ClFN3OS. The number of aryl methyl sites for hydroxylation is 1. The van der Waals surface area contributed by atoms with Crippen molar-refractivity contribution >= 4 is 51.1 Å². The summed E-state index contributed by atoms with van der Waals surface area (Å²) in [6, 6.07) is 14.3. The molecule has 2 aliphatic heterocycles. The molecule has 158 valence electrons. The van der Waals surface area contributed by atoms with E-state index in [4.69, 9.17) is 0 Å². The van der Waals surface area contributed by atoms with E-state index in [0.29, 0.717) is 6.42 Å². The summed E-state index contributed by atoms with van der Waals surface area (Å²) < 4.78 is 14.7. The minimum atomic E-state index is -0.118. The van der Waals surface area contributed by atoms with Crippen LogP contribution in [-0.4, -0.2) is 43.5 Å². The second-order valence-corrected chi connectivity index (χ2v) is 8.89. The van der Waals surface area contributed by atoms with Gasteiger partial charge >= 0.3 is 0 Å². The van der Waals surface area contributed by atoms with E-state index in [1.807, 2.05) is 12.1 Å². The van der Waals surface area contributed by atoms with Crippen LogP contribution in [0, 0.1) is 5.13 Å². The Labute approximate surface area is 186 Å². The second kappa shape index (κ2) is 8.92. The predicted molar refractivity (Wildman–Crippen MR) is 125 cm³/mol. The van der Waals surface area contributed by atoms with E-state index in [1.165, 1.54) is 22.5 Å². The lowest BCUT2D eigenvalue weighted by Crippen LogP contribution is -2.47. The zero-order valence-electron chi connectivity index (χ0n) is 16.7. The number of nitrogens with zero attached hydrogens (tertiary/aromatic N) is 2. The van der Waals surface area contributed by atoms with Gasteiger partial charge < -0.3 is 10.2 Å². The van der Waals surface area contributed by atoms with Gasteiger partial charge in [-0.2, -0.15) is 4.39 Å². The average Bonchev–Trinajstić information content (AvgIpc) is 3.12. The molecule has 1 fully saturated rings. The summed E-state index contributed by atoms with van der Waals surface area (Å²) in [7, 11) is 0. The van der Waals surface area contributed by atoms with Gasteiger partial charge in [-0.1, -0.05) is 18.2 Å². The fourth-order valence-corrected chi connectivity index (χ4v) is 5.17. The molecule has 1 N–H and O–H groups in total. The number of piperazine rings is 1. The Bertz CT molecular complexity index is 1060. The molecule has 0 atom stereocenters. The average molecular weight is 446 g/mol. The number of carbonyl (C=O) groups excluding carboxylic acids is 1. The van der Waals surface area contributed by atoms with Gasteiger partial charge in [-0.25, -0.2) is 0 Å². The molecule has 0 spiro atoms. The summed E-state index contributed by atoms with van der Waals surface area (Å²) in [5.74, 6) is 0.117. The fourth-order valence-electron chi connectivity index (χ4n) is 4.36. The van der Waals surface area contributed by atoms with Crippen LogP contribution >= 0.6 is 23.7 Å². The van der Waals surface area contributed by atoms with E-state index in [9.17, 15) is 9.18 Å². The third-order valence-corrected chi connectivity index (χ3v) is 6.90. The van der Waals surface area contributed by atoms with Crippen LogP contribution in [0.5, 0.6) is 0 Å². The number of rotatable bonds is 4. The van der Waals surface area contributed by atoms with Crippen LogP contribution in [-0.2, 0) is 17.6 Å². The van der Waals surface area contributed by atoms with Gasteiger partial charge in [0, 0.05) is 60.6 Å². The molecule has 5 rings (SSSR count). The van der Waals surface area contributed by atoms with Crippen LogP contribution in [0.2, 0.25) is 0 Å². The lowest BCUT2D eigenvalue weighted by molar-refractivity contribution is -0.116. The SMILES string of the molecule is Cl.O=C1CCc2ccc(CCN3CCN(c4cccc5sc(F)cc45)CC3)cc2N1. The quantitative estimate of drug-likeness (QED) is 0.631. The molecule has 0 radical (unpaired) electrons. The number of thiophene rings is 1. The lowest BCUT2D eigenvalue weighted by atomic mass is 9.99. The van der Waals surface area contributed by atoms with Crippen LogP contribution in [0.1, 0.15) is 17.5 Å². The summed E-state index contributed by atoms with van der Waals surface area (Å²) in [4.78, 5) is 16.5. The Morgan fingerprint density at radius 1 is 1.03 bits per heavy atom. The highest BCUT2D eigenvalue weighted by Gasteiger charge is 2.20. The molecule has 7 heteroatoms. The zero-order valence-corrected chi connectivity index (χ0v) is 18.3. The van der Waals surface area contributed by atoms with Gasteiger partial charge in [-0.15, -0.1) is 23.7 Å². The van der Waals surface area contributed by atoms with E-state index >= 15 is 0 Å². The van der Waals surface area contributed by atoms with Crippen LogP contribution < -0.4 is 10.2 Å². The summed E-state index contributed by atoms with van der Waals surface area (Å²) in [6.45, 7) is 4.93. The predicted octanol–water partition coefficient (Wildman–Crippen LogP) is 4.71. The first kappa shape index (κ1) is 21.1. The first-order valence-electron chi connectivity index (χ1n) is 10.2. The van der Waals surface area contributed by atoms with E-state index in [-0.39, 0.29) is 23.4 Å². The molecule has 0 aliphatic carbocycles. The largest absolute Gasteiger partial charge is 0.368 e. The second-order valence-electron chi connectivity index (χ2n) is 7.86. The Balaban J connectivity index is 0.00000218. The molecule has 1 amide bonds. The smallest absolute Gasteiger partial charge is 0.224 e. The normalized spacial score (nSPS) is 16.8. The van der Waals surface area contributed by atoms with Gasteiger partial charge in [0.05, 0.1) is 0 Å². The molecule has 1 saturated heterocycles. The maximum absolute atomic E-state index is 13.7. The van der Waals surface area contributed by atoms with Crippen molar-refractivity contribution in [2.75, 3.05) is 42.9 Å². The number of fused-ring (bicyclic) bond motifs is 2. The van der Waals surface area contributed by atoms with Gasteiger partial charge in [0.2, 0.25) is 5.91 Å². The molecule has 30 heavy (non-hydrogen) atoms. The molecule has 3 heterocycles. The number of amides is 1.